The summed E-state index contributed by atoms with van der Waals surface area (Å²) >= 11 is 0. The fraction of sp³-hybridized carbons (Fsp3) is 1.00. The lowest BCUT2D eigenvalue weighted by atomic mass is 9.84. The molecular formula is C22H48IN. The van der Waals surface area contributed by atoms with Crippen molar-refractivity contribution in [1.29, 1.82) is 0 Å². The van der Waals surface area contributed by atoms with Crippen molar-refractivity contribution in [2.24, 2.45) is 11.1 Å². The van der Waals surface area contributed by atoms with Gasteiger partial charge in [-0.15, -0.1) is 24.0 Å². The molecule has 1 unspecified atom stereocenters. The standard InChI is InChI=1S/C22H47N.HI/c1-5-6-7-8-9-10-11-12-13-14-15-16-17-18-19-20-21(23)22(2,3)4;/h21H,5-20,23H2,1-4H3;1H. The van der Waals surface area contributed by atoms with Crippen LogP contribution < -0.4 is 5.73 Å². The van der Waals surface area contributed by atoms with Gasteiger partial charge in [-0.3, -0.25) is 0 Å². The lowest BCUT2D eigenvalue weighted by molar-refractivity contribution is 0.298. The van der Waals surface area contributed by atoms with E-state index in [2.05, 4.69) is 27.7 Å². The first-order chi connectivity index (χ1) is 11.0. The Bertz CT molecular complexity index is 235. The smallest absolute Gasteiger partial charge is 0.00876 e. The van der Waals surface area contributed by atoms with Gasteiger partial charge in [-0.2, -0.15) is 0 Å². The highest BCUT2D eigenvalue weighted by Gasteiger charge is 2.19. The first kappa shape index (κ1) is 26.9. The zero-order valence-corrected chi connectivity index (χ0v) is 19.7. The molecule has 2 N–H and O–H groups in total. The Morgan fingerprint density at radius 1 is 0.583 bits per heavy atom. The molecule has 2 heteroatoms. The maximum atomic E-state index is 6.20. The molecular weight excluding hydrogens is 405 g/mol. The van der Waals surface area contributed by atoms with Crippen LogP contribution in [0.3, 0.4) is 0 Å². The Kier molecular flexibility index (Phi) is 20.7. The SMILES string of the molecule is CCCCCCCCCCCCCCCCCC(N)C(C)(C)C.I. The minimum Gasteiger partial charge on any atom is -0.327 e. The van der Waals surface area contributed by atoms with Gasteiger partial charge in [0.1, 0.15) is 0 Å². The van der Waals surface area contributed by atoms with Gasteiger partial charge in [-0.25, -0.2) is 0 Å². The molecule has 0 spiro atoms. The molecule has 0 aromatic heterocycles. The van der Waals surface area contributed by atoms with Crippen LogP contribution >= 0.6 is 24.0 Å². The summed E-state index contributed by atoms with van der Waals surface area (Å²) in [7, 11) is 0. The summed E-state index contributed by atoms with van der Waals surface area (Å²) in [6.45, 7) is 9.05. The van der Waals surface area contributed by atoms with Crippen LogP contribution in [0.1, 0.15) is 130 Å². The fourth-order valence-electron chi connectivity index (χ4n) is 3.17. The van der Waals surface area contributed by atoms with Gasteiger partial charge in [-0.05, 0) is 11.8 Å². The summed E-state index contributed by atoms with van der Waals surface area (Å²) in [5, 5.41) is 0. The van der Waals surface area contributed by atoms with E-state index in [1.807, 2.05) is 0 Å². The molecule has 0 amide bonds. The van der Waals surface area contributed by atoms with Gasteiger partial charge in [-0.1, -0.05) is 124 Å². The van der Waals surface area contributed by atoms with Crippen LogP contribution in [0.2, 0.25) is 0 Å². The Balaban J connectivity index is 0. The number of halogens is 1. The van der Waals surface area contributed by atoms with E-state index in [1.165, 1.54) is 103 Å². The van der Waals surface area contributed by atoms with Crippen molar-refractivity contribution in [3.05, 3.63) is 0 Å². The van der Waals surface area contributed by atoms with Crippen molar-refractivity contribution in [3.63, 3.8) is 0 Å². The first-order valence-electron chi connectivity index (χ1n) is 10.7. The quantitative estimate of drug-likeness (QED) is 0.185. The third kappa shape index (κ3) is 19.0. The van der Waals surface area contributed by atoms with Gasteiger partial charge >= 0.3 is 0 Å². The summed E-state index contributed by atoms with van der Waals surface area (Å²) in [6.07, 6.45) is 22.7. The number of nitrogens with two attached hydrogens (primary N) is 1. The molecule has 0 saturated carbocycles. The molecule has 0 aromatic carbocycles. The predicted octanol–water partition coefficient (Wildman–Crippen LogP) is 8.24. The van der Waals surface area contributed by atoms with Gasteiger partial charge in [0.2, 0.25) is 0 Å². The van der Waals surface area contributed by atoms with Crippen LogP contribution in [0.5, 0.6) is 0 Å². The van der Waals surface area contributed by atoms with Crippen molar-refractivity contribution < 1.29 is 0 Å². The van der Waals surface area contributed by atoms with E-state index >= 15 is 0 Å². The average molecular weight is 454 g/mol. The number of hydrogen-bond acceptors (Lipinski definition) is 1. The van der Waals surface area contributed by atoms with Crippen molar-refractivity contribution in [2.75, 3.05) is 0 Å². The molecule has 0 aliphatic rings. The first-order valence-corrected chi connectivity index (χ1v) is 10.7. The fourth-order valence-corrected chi connectivity index (χ4v) is 3.17. The van der Waals surface area contributed by atoms with Crippen molar-refractivity contribution in [1.82, 2.24) is 0 Å². The molecule has 1 atom stereocenters. The van der Waals surface area contributed by atoms with Crippen LogP contribution in [0.4, 0.5) is 0 Å². The normalized spacial score (nSPS) is 12.9. The third-order valence-corrected chi connectivity index (χ3v) is 5.23. The van der Waals surface area contributed by atoms with Crippen LogP contribution in [-0.2, 0) is 0 Å². The molecule has 1 nitrogen and oxygen atoms in total. The minimum absolute atomic E-state index is 0. The summed E-state index contributed by atoms with van der Waals surface area (Å²) in [5.41, 5.74) is 6.48. The molecule has 0 rings (SSSR count). The second-order valence-electron chi connectivity index (χ2n) is 8.71. The average Bonchev–Trinajstić information content (AvgIpc) is 2.50. The lowest BCUT2D eigenvalue weighted by Crippen LogP contribution is -2.34. The van der Waals surface area contributed by atoms with Crippen molar-refractivity contribution in [3.8, 4) is 0 Å². The van der Waals surface area contributed by atoms with E-state index in [1.54, 1.807) is 0 Å². The number of rotatable bonds is 16. The Morgan fingerprint density at radius 3 is 1.17 bits per heavy atom. The highest BCUT2D eigenvalue weighted by Crippen LogP contribution is 2.22. The molecule has 0 aliphatic heterocycles. The van der Waals surface area contributed by atoms with E-state index in [-0.39, 0.29) is 29.4 Å². The summed E-state index contributed by atoms with van der Waals surface area (Å²) in [5.74, 6) is 0. The van der Waals surface area contributed by atoms with Crippen LogP contribution in [0.15, 0.2) is 0 Å². The van der Waals surface area contributed by atoms with E-state index in [4.69, 9.17) is 5.73 Å². The van der Waals surface area contributed by atoms with Gasteiger partial charge in [0.25, 0.3) is 0 Å². The molecule has 24 heavy (non-hydrogen) atoms. The second kappa shape index (κ2) is 18.5. The largest absolute Gasteiger partial charge is 0.327 e. The predicted molar refractivity (Wildman–Crippen MR) is 122 cm³/mol. The third-order valence-electron chi connectivity index (χ3n) is 5.23. The number of hydrogen-bond donors (Lipinski definition) is 1. The molecule has 0 bridgehead atoms. The van der Waals surface area contributed by atoms with E-state index in [0.717, 1.165) is 0 Å². The van der Waals surface area contributed by atoms with E-state index < -0.39 is 0 Å². The monoisotopic (exact) mass is 453 g/mol. The maximum absolute atomic E-state index is 6.20. The number of unbranched alkanes of at least 4 members (excludes halogenated alkanes) is 14. The molecule has 0 heterocycles. The minimum atomic E-state index is 0. The van der Waals surface area contributed by atoms with E-state index in [9.17, 15) is 0 Å². The van der Waals surface area contributed by atoms with Gasteiger partial charge in [0.15, 0.2) is 0 Å². The zero-order chi connectivity index (χ0) is 17.4. The van der Waals surface area contributed by atoms with Crippen LogP contribution in [0.25, 0.3) is 0 Å². The van der Waals surface area contributed by atoms with Crippen molar-refractivity contribution in [2.45, 2.75) is 136 Å². The second-order valence-corrected chi connectivity index (χ2v) is 8.71. The lowest BCUT2D eigenvalue weighted by Gasteiger charge is -2.26. The van der Waals surface area contributed by atoms with Gasteiger partial charge in [0.05, 0.1) is 0 Å². The molecule has 0 fully saturated rings. The topological polar surface area (TPSA) is 26.0 Å². The zero-order valence-electron chi connectivity index (χ0n) is 17.4. The highest BCUT2D eigenvalue weighted by atomic mass is 127. The van der Waals surface area contributed by atoms with E-state index in [0.29, 0.717) is 6.04 Å². The van der Waals surface area contributed by atoms with Crippen molar-refractivity contribution >= 4 is 24.0 Å². The molecule has 0 saturated heterocycles. The van der Waals surface area contributed by atoms with Crippen LogP contribution in [0, 0.1) is 5.41 Å². The van der Waals surface area contributed by atoms with Gasteiger partial charge in [0, 0.05) is 6.04 Å². The Hall–Kier alpha value is 0.690. The Morgan fingerprint density at radius 2 is 0.875 bits per heavy atom. The Labute approximate surface area is 171 Å². The maximum Gasteiger partial charge on any atom is 0.00876 e. The molecule has 0 aliphatic carbocycles. The summed E-state index contributed by atoms with van der Waals surface area (Å²) in [6, 6.07) is 0.365. The van der Waals surface area contributed by atoms with Crippen LogP contribution in [-0.4, -0.2) is 6.04 Å². The summed E-state index contributed by atoms with van der Waals surface area (Å²) < 4.78 is 0. The molecule has 0 radical (unpaired) electrons. The highest BCUT2D eigenvalue weighted by molar-refractivity contribution is 14.0. The summed E-state index contributed by atoms with van der Waals surface area (Å²) in [4.78, 5) is 0. The van der Waals surface area contributed by atoms with Gasteiger partial charge < -0.3 is 5.73 Å². The molecule has 148 valence electrons. The molecule has 0 aromatic rings.